The molecule has 0 amide bonds. The van der Waals surface area contributed by atoms with Crippen LogP contribution >= 0.6 is 0 Å². The lowest BCUT2D eigenvalue weighted by Gasteiger charge is -2.24. The third-order valence-corrected chi connectivity index (χ3v) is 12.6. The summed E-state index contributed by atoms with van der Waals surface area (Å²) in [6.45, 7) is 18.1. The fourth-order valence-corrected chi connectivity index (χ4v) is 9.05. The van der Waals surface area contributed by atoms with Crippen molar-refractivity contribution in [3.05, 3.63) is 192 Å². The third kappa shape index (κ3) is 9.71. The smallest absolute Gasteiger partial charge is 0.131 e. The van der Waals surface area contributed by atoms with E-state index >= 15 is 0 Å². The number of aromatic hydroxyl groups is 2. The molecule has 334 valence electrons. The number of benzene rings is 7. The van der Waals surface area contributed by atoms with E-state index < -0.39 is 0 Å². The van der Waals surface area contributed by atoms with Crippen molar-refractivity contribution in [2.75, 3.05) is 19.8 Å². The average Bonchev–Trinajstić information content (AvgIpc) is 3.32. The van der Waals surface area contributed by atoms with Crippen molar-refractivity contribution in [2.24, 2.45) is 0 Å². The largest absolute Gasteiger partial charge is 0.507 e. The maximum Gasteiger partial charge on any atom is 0.131 e. The number of rotatable bonds is 15. The van der Waals surface area contributed by atoms with Crippen molar-refractivity contribution in [1.82, 2.24) is 0 Å². The Morgan fingerprint density at radius 2 is 1.45 bits per heavy atom. The maximum atomic E-state index is 12.3. The summed E-state index contributed by atoms with van der Waals surface area (Å²) < 4.78 is 12.9. The Labute approximate surface area is 391 Å². The molecule has 0 atom stereocenters. The van der Waals surface area contributed by atoms with Gasteiger partial charge in [-0.3, -0.25) is 0 Å². The number of hydrogen-bond acceptors (Lipinski definition) is 4. The molecule has 0 heterocycles. The Kier molecular flexibility index (Phi) is 13.9. The van der Waals surface area contributed by atoms with E-state index in [1.54, 1.807) is 6.08 Å². The van der Waals surface area contributed by atoms with Crippen molar-refractivity contribution < 1.29 is 19.7 Å². The van der Waals surface area contributed by atoms with Crippen LogP contribution in [-0.4, -0.2) is 30.0 Å². The van der Waals surface area contributed by atoms with E-state index in [1.165, 1.54) is 16.5 Å². The first-order valence-corrected chi connectivity index (χ1v) is 23.4. The molecule has 1 aliphatic rings. The molecule has 4 nitrogen and oxygen atoms in total. The van der Waals surface area contributed by atoms with Gasteiger partial charge >= 0.3 is 0 Å². The van der Waals surface area contributed by atoms with E-state index in [0.29, 0.717) is 32.0 Å². The van der Waals surface area contributed by atoms with Gasteiger partial charge in [0.25, 0.3) is 0 Å². The summed E-state index contributed by atoms with van der Waals surface area (Å²) in [5, 5.41) is 29.1. The van der Waals surface area contributed by atoms with Gasteiger partial charge in [-0.2, -0.15) is 0 Å². The first kappa shape index (κ1) is 45.7. The van der Waals surface area contributed by atoms with Crippen LogP contribution in [0.25, 0.3) is 72.7 Å². The number of aryl methyl sites for hydroxylation is 1. The average molecular weight is 871 g/mol. The number of allylic oxidation sites excluding steroid dienone is 6. The minimum absolute atomic E-state index is 0.193. The van der Waals surface area contributed by atoms with Crippen molar-refractivity contribution in [1.29, 1.82) is 0 Å². The normalized spacial score (nSPS) is 13.1. The minimum Gasteiger partial charge on any atom is -0.507 e. The van der Waals surface area contributed by atoms with E-state index in [9.17, 15) is 10.2 Å². The number of para-hydroxylation sites is 1. The topological polar surface area (TPSA) is 58.9 Å². The molecule has 2 N–H and O–H groups in total. The Bertz CT molecular complexity index is 3040. The van der Waals surface area contributed by atoms with Crippen LogP contribution in [0.4, 0.5) is 0 Å². The molecule has 1 aliphatic carbocycles. The van der Waals surface area contributed by atoms with Gasteiger partial charge in [0.05, 0.1) is 19.8 Å². The van der Waals surface area contributed by atoms with E-state index in [4.69, 9.17) is 9.47 Å². The van der Waals surface area contributed by atoms with E-state index in [2.05, 4.69) is 138 Å². The summed E-state index contributed by atoms with van der Waals surface area (Å²) in [7, 11) is 0. The molecule has 0 saturated heterocycles. The molecule has 0 aliphatic heterocycles. The SMILES string of the molecule is C=C/C=C\c1cc(-c2cc(C(C)(C)C)cc(-c3ccccc3OCCCOC/C(=C\C=C/C)c3cc(C(C)C)cc(-c4c5c(cc6ccccc46)CCC=C5)c3O)c2O)c2ccccc2c1. The molecule has 8 rings (SSSR count). The van der Waals surface area contributed by atoms with E-state index in [0.717, 1.165) is 90.2 Å². The van der Waals surface area contributed by atoms with Crippen LogP contribution in [-0.2, 0) is 16.6 Å². The lowest BCUT2D eigenvalue weighted by molar-refractivity contribution is 0.147. The fourth-order valence-electron chi connectivity index (χ4n) is 9.05. The molecule has 0 saturated carbocycles. The van der Waals surface area contributed by atoms with Crippen LogP contribution in [0.1, 0.15) is 93.7 Å². The van der Waals surface area contributed by atoms with Crippen LogP contribution < -0.4 is 4.74 Å². The van der Waals surface area contributed by atoms with Gasteiger partial charge in [-0.1, -0.05) is 163 Å². The summed E-state index contributed by atoms with van der Waals surface area (Å²) in [6, 6.07) is 40.0. The third-order valence-electron chi connectivity index (χ3n) is 12.6. The molecule has 0 fully saturated rings. The number of fused-ring (bicyclic) bond motifs is 3. The quantitative estimate of drug-likeness (QED) is 0.0796. The van der Waals surface area contributed by atoms with Crippen molar-refractivity contribution >= 4 is 39.3 Å². The lowest BCUT2D eigenvalue weighted by Crippen LogP contribution is -2.11. The highest BCUT2D eigenvalue weighted by Gasteiger charge is 2.25. The van der Waals surface area contributed by atoms with E-state index in [1.807, 2.05) is 67.6 Å². The van der Waals surface area contributed by atoms with Gasteiger partial charge in [-0.25, -0.2) is 0 Å². The number of ether oxygens (including phenoxy) is 2. The second-order valence-electron chi connectivity index (χ2n) is 18.6. The van der Waals surface area contributed by atoms with Gasteiger partial charge < -0.3 is 19.7 Å². The zero-order valence-corrected chi connectivity index (χ0v) is 39.3. The molecular weight excluding hydrogens is 809 g/mol. The van der Waals surface area contributed by atoms with Crippen LogP contribution in [0.2, 0.25) is 0 Å². The van der Waals surface area contributed by atoms with Crippen LogP contribution in [0.3, 0.4) is 0 Å². The molecule has 0 aromatic heterocycles. The van der Waals surface area contributed by atoms with Gasteiger partial charge in [-0.15, -0.1) is 0 Å². The van der Waals surface area contributed by atoms with Crippen LogP contribution in [0, 0.1) is 0 Å². The van der Waals surface area contributed by atoms with Crippen molar-refractivity contribution in [2.45, 2.75) is 72.1 Å². The molecule has 7 aromatic rings. The van der Waals surface area contributed by atoms with Crippen molar-refractivity contribution in [3.8, 4) is 50.6 Å². The monoisotopic (exact) mass is 870 g/mol. The number of phenolic OH excluding ortho intramolecular Hbond substituents is 2. The van der Waals surface area contributed by atoms with Gasteiger partial charge in [0.1, 0.15) is 17.2 Å². The highest BCUT2D eigenvalue weighted by Crippen LogP contribution is 2.48. The Hall–Kier alpha value is -6.88. The zero-order chi connectivity index (χ0) is 46.4. The number of hydrogen-bond donors (Lipinski definition) is 2. The highest BCUT2D eigenvalue weighted by atomic mass is 16.5. The first-order valence-electron chi connectivity index (χ1n) is 23.4. The molecule has 7 aromatic carbocycles. The van der Waals surface area contributed by atoms with E-state index in [-0.39, 0.29) is 22.8 Å². The molecule has 0 bridgehead atoms. The van der Waals surface area contributed by atoms with Gasteiger partial charge in [0.15, 0.2) is 0 Å². The molecule has 0 radical (unpaired) electrons. The molecule has 66 heavy (non-hydrogen) atoms. The van der Waals surface area contributed by atoms with Gasteiger partial charge in [0.2, 0.25) is 0 Å². The molecule has 0 unspecified atom stereocenters. The fraction of sp³-hybridized carbons (Fsp3) is 0.226. The second-order valence-corrected chi connectivity index (χ2v) is 18.6. The predicted octanol–water partition coefficient (Wildman–Crippen LogP) is 16.4. The molecular formula is C62H62O4. The summed E-state index contributed by atoms with van der Waals surface area (Å²) in [4.78, 5) is 0. The van der Waals surface area contributed by atoms with Gasteiger partial charge in [-0.05, 0) is 134 Å². The standard InChI is InChI=1S/C62H62O4/c1-8-10-21-42-33-43-23-12-15-26-49(43)54(34-42)56-39-48(62(5,6)7)38-55(61(56)64)52-29-18-19-30-58(52)66-32-20-31-65-40-46(22-11-9-2)53-36-47(41(3)4)37-57(60(53)63)59-50-27-16-13-24-44(50)35-45-25-14-17-28-51(45)59/h8-13,15-19,21-24,26-30,33-39,41,63-64H,1,14,20,25,31-32,40H2,2-7H3/b11-9-,21-10-,46-22+. The molecule has 4 heteroatoms. The predicted molar refractivity (Wildman–Crippen MR) is 281 cm³/mol. The number of phenols is 2. The molecule has 0 spiro atoms. The summed E-state index contributed by atoms with van der Waals surface area (Å²) in [6.07, 6.45) is 18.9. The van der Waals surface area contributed by atoms with Gasteiger partial charge in [0, 0.05) is 39.8 Å². The zero-order valence-electron chi connectivity index (χ0n) is 39.3. The first-order chi connectivity index (χ1) is 32.0. The Morgan fingerprint density at radius 1 is 0.742 bits per heavy atom. The lowest BCUT2D eigenvalue weighted by atomic mass is 9.82. The highest BCUT2D eigenvalue weighted by molar-refractivity contribution is 6.04. The van der Waals surface area contributed by atoms with Crippen LogP contribution in [0.5, 0.6) is 17.2 Å². The summed E-state index contributed by atoms with van der Waals surface area (Å²) in [5.74, 6) is 1.42. The van der Waals surface area contributed by atoms with Crippen molar-refractivity contribution in [3.63, 3.8) is 0 Å². The minimum atomic E-state index is -0.193. The van der Waals surface area contributed by atoms with Crippen LogP contribution in [0.15, 0.2) is 158 Å². The summed E-state index contributed by atoms with van der Waals surface area (Å²) in [5.41, 5.74) is 12.5. The summed E-state index contributed by atoms with van der Waals surface area (Å²) >= 11 is 0. The Balaban J connectivity index is 1.05. The Morgan fingerprint density at radius 3 is 2.20 bits per heavy atom. The second kappa shape index (κ2) is 20.1. The maximum absolute atomic E-state index is 12.3.